The maximum Gasteiger partial charge on any atom is 0.282 e. The number of carbonyl (C=O) groups excluding carboxylic acids is 2. The number of carbonyl (C=O) groups is 2. The SMILES string of the molecule is Cc1ccc(C2=C(Nc3ccc(F)cc3)C(=O)N(c3ccc(F)cc3F)C2=O)cc1C. The molecule has 1 N–H and O–H groups in total. The molecule has 0 aromatic heterocycles. The van der Waals surface area contributed by atoms with E-state index in [4.69, 9.17) is 0 Å². The molecule has 0 saturated heterocycles. The van der Waals surface area contributed by atoms with E-state index in [2.05, 4.69) is 5.32 Å². The van der Waals surface area contributed by atoms with Crippen molar-refractivity contribution in [3.63, 3.8) is 0 Å². The Kier molecular flexibility index (Phi) is 5.10. The van der Waals surface area contributed by atoms with Gasteiger partial charge < -0.3 is 5.32 Å². The van der Waals surface area contributed by atoms with Crippen LogP contribution in [0.3, 0.4) is 0 Å². The number of hydrogen-bond donors (Lipinski definition) is 1. The molecule has 0 fully saturated rings. The Hall–Kier alpha value is -3.87. The van der Waals surface area contributed by atoms with Crippen LogP contribution in [0.1, 0.15) is 16.7 Å². The molecule has 1 heterocycles. The second-order valence-electron chi connectivity index (χ2n) is 7.22. The van der Waals surface area contributed by atoms with Gasteiger partial charge in [-0.1, -0.05) is 18.2 Å². The quantitative estimate of drug-likeness (QED) is 0.594. The Morgan fingerprint density at radius 1 is 0.742 bits per heavy atom. The van der Waals surface area contributed by atoms with Gasteiger partial charge in [0, 0.05) is 11.8 Å². The smallest absolute Gasteiger partial charge is 0.282 e. The third-order valence-electron chi connectivity index (χ3n) is 5.14. The van der Waals surface area contributed by atoms with Gasteiger partial charge in [-0.05, 0) is 66.9 Å². The predicted octanol–water partition coefficient (Wildman–Crippen LogP) is 5.12. The van der Waals surface area contributed by atoms with Crippen molar-refractivity contribution in [1.29, 1.82) is 0 Å². The lowest BCUT2D eigenvalue weighted by Gasteiger charge is -2.16. The number of benzene rings is 3. The molecule has 0 saturated carbocycles. The zero-order chi connectivity index (χ0) is 22.3. The summed E-state index contributed by atoms with van der Waals surface area (Å²) in [6.07, 6.45) is 0. The van der Waals surface area contributed by atoms with Crippen molar-refractivity contribution in [2.75, 3.05) is 10.2 Å². The number of nitrogens with one attached hydrogen (secondary N) is 1. The lowest BCUT2D eigenvalue weighted by molar-refractivity contribution is -0.120. The van der Waals surface area contributed by atoms with Gasteiger partial charge in [0.1, 0.15) is 23.1 Å². The molecule has 2 amide bonds. The van der Waals surface area contributed by atoms with Crippen LogP contribution in [0.2, 0.25) is 0 Å². The van der Waals surface area contributed by atoms with E-state index in [9.17, 15) is 22.8 Å². The van der Waals surface area contributed by atoms with Crippen molar-refractivity contribution >= 4 is 28.8 Å². The summed E-state index contributed by atoms with van der Waals surface area (Å²) in [4.78, 5) is 27.2. The molecular formula is C24H17F3N2O2. The second-order valence-corrected chi connectivity index (χ2v) is 7.22. The van der Waals surface area contributed by atoms with E-state index in [1.807, 2.05) is 19.9 Å². The van der Waals surface area contributed by atoms with Crippen LogP contribution in [0, 0.1) is 31.3 Å². The highest BCUT2D eigenvalue weighted by atomic mass is 19.1. The molecule has 3 aromatic rings. The summed E-state index contributed by atoms with van der Waals surface area (Å²) in [5.41, 5.74) is 2.35. The molecule has 0 atom stereocenters. The van der Waals surface area contributed by atoms with Gasteiger partial charge >= 0.3 is 0 Å². The predicted molar refractivity (Wildman–Crippen MR) is 112 cm³/mol. The summed E-state index contributed by atoms with van der Waals surface area (Å²) in [7, 11) is 0. The number of aryl methyl sites for hydroxylation is 2. The van der Waals surface area contributed by atoms with Crippen LogP contribution in [-0.4, -0.2) is 11.8 Å². The van der Waals surface area contributed by atoms with Gasteiger partial charge in [-0.2, -0.15) is 0 Å². The van der Waals surface area contributed by atoms with Crippen LogP contribution < -0.4 is 10.2 Å². The Bertz CT molecular complexity index is 1250. The fourth-order valence-electron chi connectivity index (χ4n) is 3.37. The highest BCUT2D eigenvalue weighted by Gasteiger charge is 2.41. The zero-order valence-electron chi connectivity index (χ0n) is 16.7. The van der Waals surface area contributed by atoms with E-state index in [-0.39, 0.29) is 17.0 Å². The third-order valence-corrected chi connectivity index (χ3v) is 5.14. The molecule has 0 unspecified atom stereocenters. The van der Waals surface area contributed by atoms with Crippen LogP contribution >= 0.6 is 0 Å². The summed E-state index contributed by atoms with van der Waals surface area (Å²) >= 11 is 0. The topological polar surface area (TPSA) is 49.4 Å². The molecule has 3 aromatic carbocycles. The van der Waals surface area contributed by atoms with Gasteiger partial charge in [0.15, 0.2) is 0 Å². The number of hydrogen-bond acceptors (Lipinski definition) is 3. The first kappa shape index (κ1) is 20.4. The van der Waals surface area contributed by atoms with Crippen LogP contribution in [0.5, 0.6) is 0 Å². The Balaban J connectivity index is 1.85. The molecule has 0 spiro atoms. The van der Waals surface area contributed by atoms with Crippen LogP contribution in [0.4, 0.5) is 24.5 Å². The maximum absolute atomic E-state index is 14.4. The number of nitrogens with zero attached hydrogens (tertiary/aromatic N) is 1. The monoisotopic (exact) mass is 422 g/mol. The largest absolute Gasteiger partial charge is 0.350 e. The van der Waals surface area contributed by atoms with Crippen molar-refractivity contribution in [3.05, 3.63) is 101 Å². The summed E-state index contributed by atoms with van der Waals surface area (Å²) in [5.74, 6) is -3.87. The minimum absolute atomic E-state index is 0.0427. The first-order valence-electron chi connectivity index (χ1n) is 9.44. The molecule has 1 aliphatic heterocycles. The van der Waals surface area contributed by atoms with Gasteiger partial charge in [-0.25, -0.2) is 18.1 Å². The molecule has 31 heavy (non-hydrogen) atoms. The van der Waals surface area contributed by atoms with E-state index in [0.29, 0.717) is 22.2 Å². The summed E-state index contributed by atoms with van der Waals surface area (Å²) in [6, 6.07) is 13.1. The molecule has 4 nitrogen and oxygen atoms in total. The van der Waals surface area contributed by atoms with Crippen LogP contribution in [-0.2, 0) is 9.59 Å². The summed E-state index contributed by atoms with van der Waals surface area (Å²) < 4.78 is 41.1. The normalized spacial score (nSPS) is 13.9. The van der Waals surface area contributed by atoms with Gasteiger partial charge in [0.2, 0.25) is 0 Å². The van der Waals surface area contributed by atoms with Gasteiger partial charge in [0.25, 0.3) is 11.8 Å². The minimum atomic E-state index is -1.04. The van der Waals surface area contributed by atoms with E-state index in [1.165, 1.54) is 24.3 Å². The lowest BCUT2D eigenvalue weighted by Crippen LogP contribution is -2.33. The highest BCUT2D eigenvalue weighted by Crippen LogP contribution is 2.35. The number of rotatable bonds is 4. The van der Waals surface area contributed by atoms with Crippen molar-refractivity contribution in [2.45, 2.75) is 13.8 Å². The number of anilines is 2. The molecule has 0 bridgehead atoms. The first-order valence-corrected chi connectivity index (χ1v) is 9.44. The first-order chi connectivity index (χ1) is 14.8. The molecule has 1 aliphatic rings. The zero-order valence-corrected chi connectivity index (χ0v) is 16.7. The standard InChI is InChI=1S/C24H17F3N2O2/c1-13-3-4-15(11-14(13)2)21-22(28-18-8-5-16(25)6-9-18)24(31)29(23(21)30)20-10-7-17(26)12-19(20)27/h3-12,28H,1-2H3. The molecule has 7 heteroatoms. The minimum Gasteiger partial charge on any atom is -0.350 e. The van der Waals surface area contributed by atoms with E-state index >= 15 is 0 Å². The van der Waals surface area contributed by atoms with Crippen LogP contribution in [0.25, 0.3) is 5.57 Å². The number of halogens is 3. The summed E-state index contributed by atoms with van der Waals surface area (Å²) in [5, 5.41) is 2.87. The Morgan fingerprint density at radius 3 is 2.06 bits per heavy atom. The molecule has 156 valence electrons. The van der Waals surface area contributed by atoms with Crippen molar-refractivity contribution in [1.82, 2.24) is 0 Å². The van der Waals surface area contributed by atoms with Crippen molar-refractivity contribution in [3.8, 4) is 0 Å². The van der Waals surface area contributed by atoms with Crippen molar-refractivity contribution < 1.29 is 22.8 Å². The molecular weight excluding hydrogens is 405 g/mol. The summed E-state index contributed by atoms with van der Waals surface area (Å²) in [6.45, 7) is 3.78. The number of imide groups is 1. The van der Waals surface area contributed by atoms with E-state index < -0.39 is 29.3 Å². The molecule has 0 radical (unpaired) electrons. The average Bonchev–Trinajstić information content (AvgIpc) is 2.96. The van der Waals surface area contributed by atoms with Gasteiger partial charge in [-0.15, -0.1) is 0 Å². The van der Waals surface area contributed by atoms with E-state index in [0.717, 1.165) is 23.3 Å². The van der Waals surface area contributed by atoms with Gasteiger partial charge in [0.05, 0.1) is 11.3 Å². The number of amides is 2. The lowest BCUT2D eigenvalue weighted by atomic mass is 9.99. The second kappa shape index (κ2) is 7.75. The highest BCUT2D eigenvalue weighted by molar-refractivity contribution is 6.46. The van der Waals surface area contributed by atoms with Gasteiger partial charge in [-0.3, -0.25) is 9.59 Å². The third kappa shape index (κ3) is 3.70. The van der Waals surface area contributed by atoms with Crippen LogP contribution in [0.15, 0.2) is 66.4 Å². The Labute approximate surface area is 176 Å². The fraction of sp³-hybridized carbons (Fsp3) is 0.0833. The molecule has 0 aliphatic carbocycles. The Morgan fingerprint density at radius 2 is 1.42 bits per heavy atom. The fourth-order valence-corrected chi connectivity index (χ4v) is 3.37. The maximum atomic E-state index is 14.4. The van der Waals surface area contributed by atoms with Crippen molar-refractivity contribution in [2.24, 2.45) is 0 Å². The van der Waals surface area contributed by atoms with E-state index in [1.54, 1.807) is 12.1 Å². The molecule has 4 rings (SSSR count). The average molecular weight is 422 g/mol.